The van der Waals surface area contributed by atoms with Gasteiger partial charge in [0.1, 0.15) is 23.4 Å². The van der Waals surface area contributed by atoms with Gasteiger partial charge in [-0.15, -0.1) is 0 Å². The summed E-state index contributed by atoms with van der Waals surface area (Å²) in [6.45, 7) is 4.34. The lowest BCUT2D eigenvalue weighted by Gasteiger charge is -2.22. The lowest BCUT2D eigenvalue weighted by molar-refractivity contribution is -0.122. The zero-order valence-corrected chi connectivity index (χ0v) is 19.3. The first-order valence-corrected chi connectivity index (χ1v) is 11.4. The Hall–Kier alpha value is -4.46. The number of imide groups is 1. The van der Waals surface area contributed by atoms with Crippen LogP contribution in [0.25, 0.3) is 0 Å². The number of nitrogens with zero attached hydrogens (tertiary/aromatic N) is 3. The molecular weight excluding hydrogens is 444 g/mol. The van der Waals surface area contributed by atoms with Gasteiger partial charge in [0, 0.05) is 5.69 Å². The van der Waals surface area contributed by atoms with Gasteiger partial charge in [-0.25, -0.2) is 4.90 Å². The molecule has 0 radical (unpaired) electrons. The molecule has 2 unspecified atom stereocenters. The Morgan fingerprint density at radius 2 is 1.57 bits per heavy atom. The van der Waals surface area contributed by atoms with E-state index in [9.17, 15) is 14.4 Å². The van der Waals surface area contributed by atoms with Crippen molar-refractivity contribution < 1.29 is 19.1 Å². The summed E-state index contributed by atoms with van der Waals surface area (Å²) in [5, 5.41) is 8.76. The maximum Gasteiger partial charge on any atom is 0.272 e. The molecule has 0 spiro atoms. The Bertz CT molecular complexity index is 1300. The van der Waals surface area contributed by atoms with Crippen molar-refractivity contribution in [2.75, 3.05) is 21.8 Å². The van der Waals surface area contributed by atoms with E-state index in [1.807, 2.05) is 44.2 Å². The van der Waals surface area contributed by atoms with Crippen LogP contribution in [0.5, 0.6) is 5.75 Å². The van der Waals surface area contributed by atoms with E-state index in [-0.39, 0.29) is 5.71 Å². The SMILES string of the molecule is CCOc1ccc(N2C(=O)C3C(C(=O)Nc4ccccc4)=NN(c4ccc(C)cc4)C3C2=O)cc1. The highest BCUT2D eigenvalue weighted by Crippen LogP contribution is 2.38. The Labute approximate surface area is 202 Å². The van der Waals surface area contributed by atoms with Crippen molar-refractivity contribution in [3.05, 3.63) is 84.4 Å². The molecular formula is C27H24N4O4. The highest BCUT2D eigenvalue weighted by Gasteiger charge is 2.58. The number of carbonyl (C=O) groups excluding carboxylic acids is 3. The number of para-hydroxylation sites is 1. The largest absolute Gasteiger partial charge is 0.494 e. The lowest BCUT2D eigenvalue weighted by atomic mass is 9.97. The summed E-state index contributed by atoms with van der Waals surface area (Å²) < 4.78 is 5.47. The molecule has 1 N–H and O–H groups in total. The Morgan fingerprint density at radius 3 is 2.23 bits per heavy atom. The quantitative estimate of drug-likeness (QED) is 0.556. The minimum atomic E-state index is -1.03. The van der Waals surface area contributed by atoms with Crippen LogP contribution in [0.2, 0.25) is 0 Å². The van der Waals surface area contributed by atoms with Crippen molar-refractivity contribution in [2.24, 2.45) is 11.0 Å². The molecule has 0 aliphatic carbocycles. The average Bonchev–Trinajstić information content (AvgIpc) is 3.38. The van der Waals surface area contributed by atoms with Gasteiger partial charge in [0.25, 0.3) is 11.8 Å². The molecule has 2 atom stereocenters. The Kier molecular flexibility index (Phi) is 5.78. The number of hydrogen-bond donors (Lipinski definition) is 1. The number of nitrogens with one attached hydrogen (secondary N) is 1. The number of ether oxygens (including phenoxy) is 1. The maximum atomic E-state index is 13.6. The maximum absolute atomic E-state index is 13.6. The monoisotopic (exact) mass is 468 g/mol. The molecule has 0 bridgehead atoms. The van der Waals surface area contributed by atoms with Gasteiger partial charge >= 0.3 is 0 Å². The number of hydrazone groups is 1. The van der Waals surface area contributed by atoms with Crippen LogP contribution in [-0.4, -0.2) is 36.1 Å². The summed E-state index contributed by atoms with van der Waals surface area (Å²) >= 11 is 0. The fraction of sp³-hybridized carbons (Fsp3) is 0.185. The van der Waals surface area contributed by atoms with Gasteiger partial charge < -0.3 is 10.1 Å². The van der Waals surface area contributed by atoms with Gasteiger partial charge in [-0.1, -0.05) is 35.9 Å². The topological polar surface area (TPSA) is 91.3 Å². The number of fused-ring (bicyclic) bond motifs is 1. The molecule has 1 saturated heterocycles. The van der Waals surface area contributed by atoms with E-state index >= 15 is 0 Å². The molecule has 0 aromatic heterocycles. The second kappa shape index (κ2) is 9.06. The van der Waals surface area contributed by atoms with Crippen LogP contribution in [0, 0.1) is 12.8 Å². The third kappa shape index (κ3) is 4.03. The van der Waals surface area contributed by atoms with E-state index in [0.29, 0.717) is 29.4 Å². The first-order valence-electron chi connectivity index (χ1n) is 11.4. The van der Waals surface area contributed by atoms with E-state index < -0.39 is 29.7 Å². The number of anilines is 3. The van der Waals surface area contributed by atoms with Gasteiger partial charge in [0.2, 0.25) is 5.91 Å². The smallest absolute Gasteiger partial charge is 0.272 e. The minimum absolute atomic E-state index is 0.00575. The molecule has 8 nitrogen and oxygen atoms in total. The number of hydrogen-bond acceptors (Lipinski definition) is 6. The van der Waals surface area contributed by atoms with Crippen LogP contribution in [0.1, 0.15) is 12.5 Å². The van der Waals surface area contributed by atoms with Crippen molar-refractivity contribution in [1.29, 1.82) is 0 Å². The summed E-state index contributed by atoms with van der Waals surface area (Å²) in [6.07, 6.45) is 0. The molecule has 35 heavy (non-hydrogen) atoms. The summed E-state index contributed by atoms with van der Waals surface area (Å²) in [6, 6.07) is 22.2. The minimum Gasteiger partial charge on any atom is -0.494 e. The molecule has 1 fully saturated rings. The highest BCUT2D eigenvalue weighted by molar-refractivity contribution is 6.51. The van der Waals surface area contributed by atoms with Crippen LogP contribution in [0.4, 0.5) is 17.1 Å². The third-order valence-electron chi connectivity index (χ3n) is 6.02. The second-order valence-electron chi connectivity index (χ2n) is 8.35. The van der Waals surface area contributed by atoms with E-state index in [2.05, 4.69) is 10.4 Å². The fourth-order valence-electron chi connectivity index (χ4n) is 4.34. The third-order valence-corrected chi connectivity index (χ3v) is 6.02. The zero-order chi connectivity index (χ0) is 24.5. The van der Waals surface area contributed by atoms with Crippen LogP contribution in [-0.2, 0) is 14.4 Å². The van der Waals surface area contributed by atoms with Crippen molar-refractivity contribution in [1.82, 2.24) is 0 Å². The molecule has 0 saturated carbocycles. The first-order chi connectivity index (χ1) is 17.0. The normalized spacial score (nSPS) is 19.0. The molecule has 176 valence electrons. The fourth-order valence-corrected chi connectivity index (χ4v) is 4.34. The Balaban J connectivity index is 1.52. The summed E-state index contributed by atoms with van der Waals surface area (Å²) in [4.78, 5) is 41.6. The summed E-state index contributed by atoms with van der Waals surface area (Å²) in [5.41, 5.74) is 2.67. The highest BCUT2D eigenvalue weighted by atomic mass is 16.5. The van der Waals surface area contributed by atoms with Gasteiger partial charge in [0.15, 0.2) is 0 Å². The number of aryl methyl sites for hydroxylation is 1. The standard InChI is InChI=1S/C27H24N4O4/c1-3-35-21-15-13-19(14-16-21)30-26(33)22-23(25(32)28-18-7-5-4-6-8-18)29-31(24(22)27(30)34)20-11-9-17(2)10-12-20/h4-16,22,24H,3H2,1-2H3,(H,28,32). The van der Waals surface area contributed by atoms with Crippen molar-refractivity contribution in [3.63, 3.8) is 0 Å². The molecule has 3 aromatic rings. The van der Waals surface area contributed by atoms with E-state index in [1.165, 1.54) is 5.01 Å². The predicted molar refractivity (Wildman–Crippen MR) is 134 cm³/mol. The van der Waals surface area contributed by atoms with Crippen molar-refractivity contribution >= 4 is 40.5 Å². The summed E-state index contributed by atoms with van der Waals surface area (Å²) in [7, 11) is 0. The molecule has 5 rings (SSSR count). The number of amides is 3. The molecule has 2 aliphatic rings. The molecule has 3 amide bonds. The molecule has 3 aromatic carbocycles. The zero-order valence-electron chi connectivity index (χ0n) is 19.3. The second-order valence-corrected chi connectivity index (χ2v) is 8.35. The molecule has 8 heteroatoms. The lowest BCUT2D eigenvalue weighted by Crippen LogP contribution is -2.39. The number of carbonyl (C=O) groups is 3. The van der Waals surface area contributed by atoms with Crippen molar-refractivity contribution in [3.8, 4) is 5.75 Å². The molecule has 2 heterocycles. The molecule has 2 aliphatic heterocycles. The van der Waals surface area contributed by atoms with Crippen LogP contribution in [0.15, 0.2) is 84.0 Å². The van der Waals surface area contributed by atoms with Crippen LogP contribution < -0.4 is 20.0 Å². The van der Waals surface area contributed by atoms with Crippen LogP contribution >= 0.6 is 0 Å². The van der Waals surface area contributed by atoms with Crippen LogP contribution in [0.3, 0.4) is 0 Å². The average molecular weight is 469 g/mol. The Morgan fingerprint density at radius 1 is 0.914 bits per heavy atom. The number of rotatable bonds is 6. The van der Waals surface area contributed by atoms with E-state index in [1.54, 1.807) is 48.5 Å². The van der Waals surface area contributed by atoms with Gasteiger partial charge in [-0.2, -0.15) is 5.10 Å². The van der Waals surface area contributed by atoms with Gasteiger partial charge in [0.05, 0.1) is 18.0 Å². The predicted octanol–water partition coefficient (Wildman–Crippen LogP) is 3.77. The first kappa shape index (κ1) is 22.3. The van der Waals surface area contributed by atoms with Gasteiger partial charge in [-0.05, 0) is 62.4 Å². The van der Waals surface area contributed by atoms with E-state index in [0.717, 1.165) is 10.5 Å². The van der Waals surface area contributed by atoms with E-state index in [4.69, 9.17) is 4.74 Å². The van der Waals surface area contributed by atoms with Gasteiger partial charge in [-0.3, -0.25) is 19.4 Å². The number of benzene rings is 3. The van der Waals surface area contributed by atoms with Crippen molar-refractivity contribution in [2.45, 2.75) is 19.9 Å². The summed E-state index contributed by atoms with van der Waals surface area (Å²) in [5.74, 6) is -1.83.